The predicted octanol–water partition coefficient (Wildman–Crippen LogP) is 2.80. The van der Waals surface area contributed by atoms with Crippen LogP contribution < -0.4 is 0 Å². The van der Waals surface area contributed by atoms with E-state index in [1.54, 1.807) is 0 Å². The van der Waals surface area contributed by atoms with Gasteiger partial charge in [0.2, 0.25) is 0 Å². The number of rotatable bonds is 15. The van der Waals surface area contributed by atoms with Gasteiger partial charge < -0.3 is 14.7 Å². The summed E-state index contributed by atoms with van der Waals surface area (Å²) in [6.07, 6.45) is 16.6. The standard InChI is InChI=1S/C16H33BO4.Bi.3H/c1-2-3-4-5-6-7-8-9-10-11-12-13-14-15-16(18)21-17(19)20;;;;/h19-20H,2-15H2,1H3;;;;. The molecule has 0 aromatic heterocycles. The second kappa shape index (κ2) is 19.4. The minimum absolute atomic E-state index is 0. The Hall–Kier alpha value is 0.338. The summed E-state index contributed by atoms with van der Waals surface area (Å²) in [7, 11) is -1.97. The molecular weight excluding hydrogens is 476 g/mol. The zero-order chi connectivity index (χ0) is 15.8. The molecule has 0 spiro atoms. The summed E-state index contributed by atoms with van der Waals surface area (Å²) in [5.41, 5.74) is 0. The molecule has 22 heavy (non-hydrogen) atoms. The molecule has 0 saturated carbocycles. The van der Waals surface area contributed by atoms with Gasteiger partial charge in [-0.15, -0.1) is 0 Å². The first-order valence-corrected chi connectivity index (χ1v) is 8.72. The van der Waals surface area contributed by atoms with Crippen LogP contribution in [0.5, 0.6) is 0 Å². The van der Waals surface area contributed by atoms with Crippen LogP contribution in [0.3, 0.4) is 0 Å². The second-order valence-electron chi connectivity index (χ2n) is 5.81. The molecule has 0 heterocycles. The van der Waals surface area contributed by atoms with Crippen LogP contribution in [0.25, 0.3) is 0 Å². The summed E-state index contributed by atoms with van der Waals surface area (Å²) in [6, 6.07) is 0. The number of carbonyl (C=O) groups excluding carboxylic acids is 1. The molecule has 0 aliphatic carbocycles. The van der Waals surface area contributed by atoms with Crippen molar-refractivity contribution in [1.82, 2.24) is 0 Å². The molecule has 0 aromatic carbocycles. The molecule has 0 aliphatic heterocycles. The van der Waals surface area contributed by atoms with Gasteiger partial charge in [-0.2, -0.15) is 0 Å². The molecule has 0 radical (unpaired) electrons. The summed E-state index contributed by atoms with van der Waals surface area (Å²) in [5, 5.41) is 16.9. The van der Waals surface area contributed by atoms with E-state index >= 15 is 0 Å². The van der Waals surface area contributed by atoms with Crippen molar-refractivity contribution in [3.05, 3.63) is 0 Å². The van der Waals surface area contributed by atoms with E-state index < -0.39 is 13.3 Å². The molecule has 0 aromatic rings. The van der Waals surface area contributed by atoms with Crippen molar-refractivity contribution in [2.24, 2.45) is 0 Å². The molecule has 4 nitrogen and oxygen atoms in total. The van der Waals surface area contributed by atoms with Gasteiger partial charge in [0.25, 0.3) is 5.97 Å². The molecule has 132 valence electrons. The minimum atomic E-state index is -1.97. The first kappa shape index (κ1) is 24.6. The van der Waals surface area contributed by atoms with E-state index in [0.29, 0.717) is 0 Å². The molecule has 6 heteroatoms. The Bertz CT molecular complexity index is 240. The molecule has 2 N–H and O–H groups in total. The van der Waals surface area contributed by atoms with Gasteiger partial charge in [-0.3, -0.25) is 4.79 Å². The van der Waals surface area contributed by atoms with Crippen molar-refractivity contribution < 1.29 is 19.5 Å². The van der Waals surface area contributed by atoms with Crippen LogP contribution in [0, 0.1) is 0 Å². The van der Waals surface area contributed by atoms with Crippen LogP contribution in [0.1, 0.15) is 96.8 Å². The van der Waals surface area contributed by atoms with Gasteiger partial charge in [0, 0.05) is 6.42 Å². The van der Waals surface area contributed by atoms with Crippen molar-refractivity contribution >= 4 is 39.5 Å². The molecule has 0 fully saturated rings. The average molecular weight is 512 g/mol. The third kappa shape index (κ3) is 20.3. The van der Waals surface area contributed by atoms with Crippen molar-refractivity contribution in [3.8, 4) is 0 Å². The van der Waals surface area contributed by atoms with Crippen LogP contribution in [-0.2, 0) is 9.45 Å². The van der Waals surface area contributed by atoms with Crippen molar-refractivity contribution in [1.29, 1.82) is 0 Å². The van der Waals surface area contributed by atoms with Crippen LogP contribution in [0.4, 0.5) is 0 Å². The van der Waals surface area contributed by atoms with Crippen LogP contribution in [-0.4, -0.2) is 49.5 Å². The van der Waals surface area contributed by atoms with Crippen molar-refractivity contribution in [2.45, 2.75) is 96.8 Å². The summed E-state index contributed by atoms with van der Waals surface area (Å²) >= 11 is 0. The van der Waals surface area contributed by atoms with Crippen molar-refractivity contribution in [2.75, 3.05) is 0 Å². The van der Waals surface area contributed by atoms with Gasteiger partial charge in [-0.25, -0.2) is 0 Å². The van der Waals surface area contributed by atoms with Gasteiger partial charge in [0.05, 0.1) is 0 Å². The van der Waals surface area contributed by atoms with Gasteiger partial charge >= 0.3 is 33.5 Å². The van der Waals surface area contributed by atoms with E-state index in [1.165, 1.54) is 64.2 Å². The van der Waals surface area contributed by atoms with Crippen LogP contribution >= 0.6 is 0 Å². The fourth-order valence-corrected chi connectivity index (χ4v) is 2.46. The Morgan fingerprint density at radius 2 is 1.14 bits per heavy atom. The molecule has 0 bridgehead atoms. The van der Waals surface area contributed by atoms with E-state index in [9.17, 15) is 4.79 Å². The molecule has 0 rings (SSSR count). The van der Waals surface area contributed by atoms with E-state index in [4.69, 9.17) is 10.0 Å². The zero-order valence-electron chi connectivity index (χ0n) is 14.4. The van der Waals surface area contributed by atoms with Gasteiger partial charge in [-0.1, -0.05) is 84.0 Å². The Morgan fingerprint density at radius 1 is 0.773 bits per heavy atom. The topological polar surface area (TPSA) is 66.8 Å². The Balaban J connectivity index is 0. The van der Waals surface area contributed by atoms with Crippen LogP contribution in [0.15, 0.2) is 0 Å². The fourth-order valence-electron chi connectivity index (χ4n) is 2.46. The van der Waals surface area contributed by atoms with E-state index in [1.807, 2.05) is 0 Å². The molecule has 0 saturated heterocycles. The summed E-state index contributed by atoms with van der Waals surface area (Å²) in [4.78, 5) is 11.0. The van der Waals surface area contributed by atoms with Gasteiger partial charge in [-0.05, 0) is 6.42 Å². The third-order valence-electron chi connectivity index (χ3n) is 3.72. The van der Waals surface area contributed by atoms with Crippen molar-refractivity contribution in [3.63, 3.8) is 0 Å². The van der Waals surface area contributed by atoms with Crippen LogP contribution in [0.2, 0.25) is 0 Å². The average Bonchev–Trinajstić information content (AvgIpc) is 2.43. The predicted molar refractivity (Wildman–Crippen MR) is 96.5 cm³/mol. The fraction of sp³-hybridized carbons (Fsp3) is 0.938. The SMILES string of the molecule is CCCCCCCCCCCCCCCC(=O)OB(O)O.[BiH3]. The Kier molecular flexibility index (Phi) is 21.7. The molecule has 0 atom stereocenters. The number of unbranched alkanes of at least 4 members (excludes halogenated alkanes) is 12. The maximum atomic E-state index is 11.0. The molecule has 0 amide bonds. The van der Waals surface area contributed by atoms with Gasteiger partial charge in [0.1, 0.15) is 0 Å². The number of carbonyl (C=O) groups is 1. The molecule has 0 aliphatic rings. The Morgan fingerprint density at radius 3 is 1.50 bits per heavy atom. The molecule has 0 unspecified atom stereocenters. The first-order valence-electron chi connectivity index (χ1n) is 8.72. The zero-order valence-corrected chi connectivity index (χ0v) is 19.9. The van der Waals surface area contributed by atoms with E-state index in [0.717, 1.165) is 19.3 Å². The maximum absolute atomic E-state index is 11.0. The number of hydrogen-bond donors (Lipinski definition) is 2. The monoisotopic (exact) mass is 512 g/mol. The first-order chi connectivity index (χ1) is 10.2. The quantitative estimate of drug-likeness (QED) is 0.262. The Labute approximate surface area is 155 Å². The third-order valence-corrected chi connectivity index (χ3v) is 3.72. The molecular formula is C16H36BBiO4. The normalized spacial score (nSPS) is 10.1. The summed E-state index contributed by atoms with van der Waals surface area (Å²) < 4.78 is 4.23. The summed E-state index contributed by atoms with van der Waals surface area (Å²) in [6.45, 7) is 2.25. The second-order valence-corrected chi connectivity index (χ2v) is 5.81. The van der Waals surface area contributed by atoms with Gasteiger partial charge in [0.15, 0.2) is 0 Å². The van der Waals surface area contributed by atoms with E-state index in [2.05, 4.69) is 11.6 Å². The van der Waals surface area contributed by atoms with E-state index in [-0.39, 0.29) is 32.6 Å². The number of hydrogen-bond acceptors (Lipinski definition) is 4. The summed E-state index contributed by atoms with van der Waals surface area (Å²) in [5.74, 6) is -0.534.